The number of pyridine rings is 1. The molecule has 2 N–H and O–H groups in total. The van der Waals surface area contributed by atoms with E-state index in [0.717, 1.165) is 19.3 Å². The first kappa shape index (κ1) is 22.9. The zero-order valence-electron chi connectivity index (χ0n) is 18.2. The van der Waals surface area contributed by atoms with Crippen LogP contribution in [0.4, 0.5) is 13.2 Å². The zero-order valence-corrected chi connectivity index (χ0v) is 18.2. The van der Waals surface area contributed by atoms with Crippen LogP contribution in [0.3, 0.4) is 0 Å². The minimum absolute atomic E-state index is 0.157. The van der Waals surface area contributed by atoms with Crippen LogP contribution in [-0.4, -0.2) is 39.5 Å². The Labute approximate surface area is 187 Å². The molecule has 2 aromatic rings. The monoisotopic (exact) mass is 463 g/mol. The second-order valence-electron chi connectivity index (χ2n) is 8.91. The number of nitrogens with zero attached hydrogens (tertiary/aromatic N) is 2. The van der Waals surface area contributed by atoms with Gasteiger partial charge in [-0.2, -0.15) is 0 Å². The number of nitrogens with one attached hydrogen (secondary N) is 1. The van der Waals surface area contributed by atoms with Crippen LogP contribution in [0.15, 0.2) is 23.1 Å². The smallest absolute Gasteiger partial charge is 0.274 e. The molecule has 33 heavy (non-hydrogen) atoms. The van der Waals surface area contributed by atoms with Gasteiger partial charge in [0.05, 0.1) is 6.04 Å². The molecule has 1 saturated carbocycles. The maximum Gasteiger partial charge on any atom is 0.274 e. The van der Waals surface area contributed by atoms with E-state index in [-0.39, 0.29) is 17.7 Å². The number of hydrogen-bond donors (Lipinski definition) is 2. The van der Waals surface area contributed by atoms with Gasteiger partial charge in [-0.15, -0.1) is 0 Å². The fourth-order valence-corrected chi connectivity index (χ4v) is 4.89. The lowest BCUT2D eigenvalue weighted by molar-refractivity contribution is 0.0564. The van der Waals surface area contributed by atoms with Crippen molar-refractivity contribution >= 4 is 11.8 Å². The van der Waals surface area contributed by atoms with Gasteiger partial charge in [0.15, 0.2) is 11.4 Å². The number of fused-ring (bicyclic) bond motifs is 1. The van der Waals surface area contributed by atoms with E-state index in [2.05, 4.69) is 12.2 Å². The molecule has 0 bridgehead atoms. The molecule has 0 spiro atoms. The minimum Gasteiger partial charge on any atom is -0.503 e. The molecular weight excluding hydrogens is 439 g/mol. The highest BCUT2D eigenvalue weighted by molar-refractivity contribution is 5.99. The Morgan fingerprint density at radius 3 is 2.45 bits per heavy atom. The Hall–Kier alpha value is -3.30. The van der Waals surface area contributed by atoms with Gasteiger partial charge in [0.25, 0.3) is 11.8 Å². The van der Waals surface area contributed by atoms with Gasteiger partial charge in [-0.3, -0.25) is 14.4 Å². The third-order valence-electron chi connectivity index (χ3n) is 6.72. The fraction of sp³-hybridized carbons (Fsp3) is 0.435. The van der Waals surface area contributed by atoms with Gasteiger partial charge in [0, 0.05) is 44.0 Å². The summed E-state index contributed by atoms with van der Waals surface area (Å²) in [5.74, 6) is -5.01. The van der Waals surface area contributed by atoms with Crippen LogP contribution in [0.2, 0.25) is 0 Å². The normalized spacial score (nSPS) is 22.4. The number of halogens is 3. The van der Waals surface area contributed by atoms with Crippen LogP contribution in [0, 0.1) is 29.3 Å². The molecule has 1 aromatic carbocycles. The number of aromatic hydroxyl groups is 1. The number of benzene rings is 1. The minimum atomic E-state index is -1.18. The van der Waals surface area contributed by atoms with Crippen LogP contribution >= 0.6 is 0 Å². The maximum absolute atomic E-state index is 13.9. The highest BCUT2D eigenvalue weighted by Crippen LogP contribution is 2.37. The van der Waals surface area contributed by atoms with E-state index < -0.39 is 58.1 Å². The van der Waals surface area contributed by atoms with Gasteiger partial charge in [-0.05, 0) is 24.7 Å². The summed E-state index contributed by atoms with van der Waals surface area (Å²) in [7, 11) is 1.63. The van der Waals surface area contributed by atoms with Crippen LogP contribution in [0.1, 0.15) is 52.6 Å². The summed E-state index contributed by atoms with van der Waals surface area (Å²) in [4.78, 5) is 39.7. The predicted molar refractivity (Wildman–Crippen MR) is 112 cm³/mol. The summed E-state index contributed by atoms with van der Waals surface area (Å²) in [5, 5.41) is 12.7. The predicted octanol–water partition coefficient (Wildman–Crippen LogP) is 2.79. The van der Waals surface area contributed by atoms with Crippen molar-refractivity contribution in [1.29, 1.82) is 0 Å². The van der Waals surface area contributed by atoms with Crippen LogP contribution < -0.4 is 10.7 Å². The first-order valence-corrected chi connectivity index (χ1v) is 10.7. The average molecular weight is 463 g/mol. The standard InChI is InChI=1S/C23H24F3N3O4/c1-11-3-4-12(5-11)18-10-29-9-15(20(30)21(31)19(29)23(33)28(18)2)22(32)27-8-14-16(25)6-13(24)7-17(14)26/h6-7,9,11-12,18,31H,3-5,8,10H2,1-2H3,(H,27,32)/t11-,12+,18-/m0/s1. The summed E-state index contributed by atoms with van der Waals surface area (Å²) < 4.78 is 42.2. The summed E-state index contributed by atoms with van der Waals surface area (Å²) >= 11 is 0. The molecule has 176 valence electrons. The van der Waals surface area contributed by atoms with Crippen molar-refractivity contribution in [3.63, 3.8) is 0 Å². The Morgan fingerprint density at radius 2 is 1.85 bits per heavy atom. The van der Waals surface area contributed by atoms with Crippen LogP contribution in [0.5, 0.6) is 5.75 Å². The third kappa shape index (κ3) is 4.09. The first-order valence-electron chi connectivity index (χ1n) is 10.7. The molecule has 7 nitrogen and oxygen atoms in total. The lowest BCUT2D eigenvalue weighted by atomic mass is 9.93. The highest BCUT2D eigenvalue weighted by atomic mass is 19.1. The molecule has 3 atom stereocenters. The van der Waals surface area contributed by atoms with Gasteiger partial charge in [0.2, 0.25) is 5.43 Å². The Morgan fingerprint density at radius 1 is 1.18 bits per heavy atom. The number of carbonyl (C=O) groups is 2. The van der Waals surface area contributed by atoms with Crippen molar-refractivity contribution in [2.24, 2.45) is 11.8 Å². The molecule has 1 aliphatic carbocycles. The van der Waals surface area contributed by atoms with Gasteiger partial charge < -0.3 is 19.9 Å². The molecule has 0 saturated heterocycles. The van der Waals surface area contributed by atoms with Crippen molar-refractivity contribution in [3.05, 3.63) is 62.8 Å². The molecule has 0 radical (unpaired) electrons. The summed E-state index contributed by atoms with van der Waals surface area (Å²) in [5.41, 5.74) is -2.29. The summed E-state index contributed by atoms with van der Waals surface area (Å²) in [6, 6.07) is 0.808. The molecule has 0 unspecified atom stereocenters. The molecule has 2 amide bonds. The molecule has 1 fully saturated rings. The summed E-state index contributed by atoms with van der Waals surface area (Å²) in [6.45, 7) is 1.81. The van der Waals surface area contributed by atoms with E-state index in [0.29, 0.717) is 24.6 Å². The number of rotatable bonds is 4. The Bertz CT molecular complexity index is 1170. The van der Waals surface area contributed by atoms with Crippen LogP contribution in [0.25, 0.3) is 0 Å². The molecule has 2 heterocycles. The van der Waals surface area contributed by atoms with Crippen molar-refractivity contribution < 1.29 is 27.9 Å². The first-order chi connectivity index (χ1) is 15.6. The number of aromatic nitrogens is 1. The number of carbonyl (C=O) groups excluding carboxylic acids is 2. The van der Waals surface area contributed by atoms with Crippen molar-refractivity contribution in [3.8, 4) is 5.75 Å². The lowest BCUT2D eigenvalue weighted by Crippen LogP contribution is -2.50. The molecule has 2 aliphatic rings. The van der Waals surface area contributed by atoms with Crippen molar-refractivity contribution in [1.82, 2.24) is 14.8 Å². The number of amides is 2. The van der Waals surface area contributed by atoms with E-state index >= 15 is 0 Å². The Kier molecular flexibility index (Phi) is 5.94. The van der Waals surface area contributed by atoms with Crippen molar-refractivity contribution in [2.45, 2.75) is 45.3 Å². The molecule has 1 aromatic heterocycles. The number of hydrogen-bond acceptors (Lipinski definition) is 4. The third-order valence-corrected chi connectivity index (χ3v) is 6.72. The SMILES string of the molecule is C[C@H]1CC[C@@H]([C@@H]2Cn3cc(C(=O)NCc4c(F)cc(F)cc4F)c(=O)c(O)c3C(=O)N2C)C1. The van der Waals surface area contributed by atoms with Gasteiger partial charge in [0.1, 0.15) is 23.0 Å². The zero-order chi connectivity index (χ0) is 24.0. The number of likely N-dealkylation sites (N-methyl/N-ethyl adjacent to an activating group) is 1. The second kappa shape index (κ2) is 8.57. The van der Waals surface area contributed by atoms with E-state index in [1.807, 2.05) is 0 Å². The second-order valence-corrected chi connectivity index (χ2v) is 8.91. The topological polar surface area (TPSA) is 91.6 Å². The maximum atomic E-state index is 13.9. The molecule has 1 aliphatic heterocycles. The van der Waals surface area contributed by atoms with Crippen LogP contribution in [-0.2, 0) is 13.1 Å². The van der Waals surface area contributed by atoms with E-state index in [4.69, 9.17) is 0 Å². The Balaban J connectivity index is 1.62. The van der Waals surface area contributed by atoms with Gasteiger partial charge in [-0.25, -0.2) is 13.2 Å². The highest BCUT2D eigenvalue weighted by Gasteiger charge is 2.39. The molecular formula is C23H24F3N3O4. The van der Waals surface area contributed by atoms with E-state index in [1.165, 1.54) is 15.7 Å². The summed E-state index contributed by atoms with van der Waals surface area (Å²) in [6.07, 6.45) is 4.15. The lowest BCUT2D eigenvalue weighted by Gasteiger charge is -2.38. The fourth-order valence-electron chi connectivity index (χ4n) is 4.89. The van der Waals surface area contributed by atoms with Gasteiger partial charge in [-0.1, -0.05) is 13.3 Å². The quantitative estimate of drug-likeness (QED) is 0.730. The molecule has 10 heteroatoms. The van der Waals surface area contributed by atoms with Gasteiger partial charge >= 0.3 is 0 Å². The van der Waals surface area contributed by atoms with E-state index in [1.54, 1.807) is 7.05 Å². The average Bonchev–Trinajstić information content (AvgIpc) is 3.18. The molecule has 4 rings (SSSR count). The van der Waals surface area contributed by atoms with Crippen molar-refractivity contribution in [2.75, 3.05) is 7.05 Å². The van der Waals surface area contributed by atoms with E-state index in [9.17, 15) is 32.7 Å². The largest absolute Gasteiger partial charge is 0.503 e.